The summed E-state index contributed by atoms with van der Waals surface area (Å²) in [6, 6.07) is 7.01. The Morgan fingerprint density at radius 3 is 2.30 bits per heavy atom. The Bertz CT molecular complexity index is 611. The van der Waals surface area contributed by atoms with Crippen molar-refractivity contribution in [3.63, 3.8) is 0 Å². The minimum atomic E-state index is -1.48. The number of hydrogen-bond acceptors (Lipinski definition) is 7. The molecule has 2 rings (SSSR count). The minimum absolute atomic E-state index is 0.00919. The molecular formula is C19H29NO7. The van der Waals surface area contributed by atoms with Crippen molar-refractivity contribution in [2.24, 2.45) is 5.41 Å². The molecule has 8 nitrogen and oxygen atoms in total. The van der Waals surface area contributed by atoms with E-state index in [1.807, 2.05) is 32.9 Å². The maximum atomic E-state index is 11.8. The van der Waals surface area contributed by atoms with Crippen LogP contribution in [0.4, 0.5) is 0 Å². The van der Waals surface area contributed by atoms with Gasteiger partial charge < -0.3 is 35.2 Å². The molecule has 1 heterocycles. The summed E-state index contributed by atoms with van der Waals surface area (Å²) in [4.78, 5) is 11.8. The molecule has 0 saturated carbocycles. The average Bonchev–Trinajstić information content (AvgIpc) is 2.62. The first-order chi connectivity index (χ1) is 12.6. The molecule has 0 bridgehead atoms. The number of hydrogen-bond donors (Lipinski definition) is 5. The van der Waals surface area contributed by atoms with E-state index in [-0.39, 0.29) is 5.91 Å². The second-order valence-corrected chi connectivity index (χ2v) is 7.71. The SMILES string of the molecule is CC(C)(C)C(=O)NCCc1ccc(O[C@H]2OC(CO)[C@@H](O)C(O)C2O)cc1. The number of ether oxygens (including phenoxy) is 2. The van der Waals surface area contributed by atoms with Crippen LogP contribution in [0.5, 0.6) is 5.75 Å². The molecule has 0 aromatic heterocycles. The van der Waals surface area contributed by atoms with Crippen molar-refractivity contribution in [2.75, 3.05) is 13.2 Å². The van der Waals surface area contributed by atoms with Gasteiger partial charge in [-0.15, -0.1) is 0 Å². The van der Waals surface area contributed by atoms with Crippen LogP contribution in [0.1, 0.15) is 26.3 Å². The lowest BCUT2D eigenvalue weighted by Crippen LogP contribution is -2.60. The van der Waals surface area contributed by atoms with Gasteiger partial charge in [-0.3, -0.25) is 4.79 Å². The molecule has 152 valence electrons. The molecule has 0 spiro atoms. The molecule has 0 aliphatic carbocycles. The van der Waals surface area contributed by atoms with Crippen molar-refractivity contribution in [1.82, 2.24) is 5.32 Å². The molecule has 5 atom stereocenters. The van der Waals surface area contributed by atoms with E-state index in [0.717, 1.165) is 5.56 Å². The highest BCUT2D eigenvalue weighted by Gasteiger charge is 2.44. The Hall–Kier alpha value is -1.71. The predicted octanol–water partition coefficient (Wildman–Crippen LogP) is -0.430. The van der Waals surface area contributed by atoms with Gasteiger partial charge in [0.05, 0.1) is 6.61 Å². The van der Waals surface area contributed by atoms with E-state index in [9.17, 15) is 25.2 Å². The number of aliphatic hydroxyl groups excluding tert-OH is 4. The highest BCUT2D eigenvalue weighted by Crippen LogP contribution is 2.24. The van der Waals surface area contributed by atoms with Gasteiger partial charge in [0.15, 0.2) is 0 Å². The Balaban J connectivity index is 1.89. The van der Waals surface area contributed by atoms with Crippen LogP contribution >= 0.6 is 0 Å². The number of aliphatic hydroxyl groups is 4. The van der Waals surface area contributed by atoms with Crippen LogP contribution in [0.2, 0.25) is 0 Å². The number of rotatable bonds is 6. The second kappa shape index (κ2) is 8.99. The summed E-state index contributed by atoms with van der Waals surface area (Å²) >= 11 is 0. The Morgan fingerprint density at radius 2 is 1.74 bits per heavy atom. The first-order valence-electron chi connectivity index (χ1n) is 8.98. The van der Waals surface area contributed by atoms with E-state index in [2.05, 4.69) is 5.32 Å². The van der Waals surface area contributed by atoms with Crippen molar-refractivity contribution < 1.29 is 34.7 Å². The highest BCUT2D eigenvalue weighted by atomic mass is 16.7. The zero-order valence-electron chi connectivity index (χ0n) is 15.8. The standard InChI is InChI=1S/C19H29NO7/c1-19(2,3)18(25)20-9-8-11-4-6-12(7-5-11)26-17-16(24)15(23)14(22)13(10-21)27-17/h4-7,13-17,21-24H,8-10H2,1-3H3,(H,20,25)/t13?,14-,15?,16?,17+/m1/s1. The molecule has 1 saturated heterocycles. The Morgan fingerprint density at radius 1 is 1.11 bits per heavy atom. The maximum absolute atomic E-state index is 11.8. The molecule has 0 radical (unpaired) electrons. The van der Waals surface area contributed by atoms with Crippen LogP contribution in [0.3, 0.4) is 0 Å². The van der Waals surface area contributed by atoms with E-state index in [0.29, 0.717) is 18.7 Å². The largest absolute Gasteiger partial charge is 0.462 e. The average molecular weight is 383 g/mol. The normalized spacial score (nSPS) is 28.6. The third-order valence-corrected chi connectivity index (χ3v) is 4.40. The highest BCUT2D eigenvalue weighted by molar-refractivity contribution is 5.81. The molecule has 1 aliphatic rings. The van der Waals surface area contributed by atoms with Crippen LogP contribution in [-0.4, -0.2) is 70.2 Å². The van der Waals surface area contributed by atoms with Crippen molar-refractivity contribution in [3.8, 4) is 5.75 Å². The summed E-state index contributed by atoms with van der Waals surface area (Å²) in [6.45, 7) is 5.57. The van der Waals surface area contributed by atoms with E-state index < -0.39 is 42.7 Å². The van der Waals surface area contributed by atoms with Crippen molar-refractivity contribution in [2.45, 2.75) is 57.9 Å². The number of carbonyl (C=O) groups is 1. The van der Waals surface area contributed by atoms with Crippen LogP contribution < -0.4 is 10.1 Å². The molecule has 27 heavy (non-hydrogen) atoms. The number of benzene rings is 1. The number of carbonyl (C=O) groups excluding carboxylic acids is 1. The molecule has 3 unspecified atom stereocenters. The Labute approximate surface area is 158 Å². The zero-order valence-corrected chi connectivity index (χ0v) is 15.8. The summed E-state index contributed by atoms with van der Waals surface area (Å²) in [6.07, 6.45) is -5.92. The monoisotopic (exact) mass is 383 g/mol. The van der Waals surface area contributed by atoms with Crippen molar-refractivity contribution in [1.29, 1.82) is 0 Å². The molecule has 1 aromatic rings. The maximum Gasteiger partial charge on any atom is 0.229 e. The van der Waals surface area contributed by atoms with Gasteiger partial charge in [-0.1, -0.05) is 32.9 Å². The molecule has 1 amide bonds. The molecule has 5 N–H and O–H groups in total. The summed E-state index contributed by atoms with van der Waals surface area (Å²) in [7, 11) is 0. The first kappa shape index (κ1) is 21.6. The lowest BCUT2D eigenvalue weighted by Gasteiger charge is -2.39. The quantitative estimate of drug-likeness (QED) is 0.451. The van der Waals surface area contributed by atoms with Gasteiger partial charge in [0.1, 0.15) is 30.2 Å². The van der Waals surface area contributed by atoms with Crippen LogP contribution in [0.15, 0.2) is 24.3 Å². The van der Waals surface area contributed by atoms with Crippen LogP contribution in [0, 0.1) is 5.41 Å². The number of amides is 1. The van der Waals surface area contributed by atoms with E-state index in [1.165, 1.54) is 0 Å². The smallest absolute Gasteiger partial charge is 0.229 e. The van der Waals surface area contributed by atoms with E-state index >= 15 is 0 Å². The van der Waals surface area contributed by atoms with Crippen LogP contribution in [-0.2, 0) is 16.0 Å². The molecular weight excluding hydrogens is 354 g/mol. The molecule has 1 aliphatic heterocycles. The molecule has 1 aromatic carbocycles. The van der Waals surface area contributed by atoms with E-state index in [4.69, 9.17) is 9.47 Å². The van der Waals surface area contributed by atoms with Gasteiger partial charge in [0.25, 0.3) is 0 Å². The number of nitrogens with one attached hydrogen (secondary N) is 1. The lowest BCUT2D eigenvalue weighted by atomic mass is 9.95. The van der Waals surface area contributed by atoms with Gasteiger partial charge in [-0.2, -0.15) is 0 Å². The summed E-state index contributed by atoms with van der Waals surface area (Å²) in [5, 5.41) is 41.6. The van der Waals surface area contributed by atoms with Crippen molar-refractivity contribution in [3.05, 3.63) is 29.8 Å². The molecule has 1 fully saturated rings. The van der Waals surface area contributed by atoms with Gasteiger partial charge in [0.2, 0.25) is 12.2 Å². The fourth-order valence-corrected chi connectivity index (χ4v) is 2.62. The van der Waals surface area contributed by atoms with Crippen LogP contribution in [0.25, 0.3) is 0 Å². The topological polar surface area (TPSA) is 128 Å². The van der Waals surface area contributed by atoms with Gasteiger partial charge in [0, 0.05) is 12.0 Å². The fraction of sp³-hybridized carbons (Fsp3) is 0.632. The fourth-order valence-electron chi connectivity index (χ4n) is 2.62. The first-order valence-corrected chi connectivity index (χ1v) is 8.98. The lowest BCUT2D eigenvalue weighted by molar-refractivity contribution is -0.277. The molecule has 8 heteroatoms. The van der Waals surface area contributed by atoms with E-state index in [1.54, 1.807) is 12.1 Å². The summed E-state index contributed by atoms with van der Waals surface area (Å²) in [5.41, 5.74) is 0.564. The minimum Gasteiger partial charge on any atom is -0.462 e. The summed E-state index contributed by atoms with van der Waals surface area (Å²) < 4.78 is 10.8. The van der Waals surface area contributed by atoms with Gasteiger partial charge in [-0.25, -0.2) is 0 Å². The summed E-state index contributed by atoms with van der Waals surface area (Å²) in [5.74, 6) is 0.395. The van der Waals surface area contributed by atoms with Gasteiger partial charge >= 0.3 is 0 Å². The Kier molecular flexibility index (Phi) is 7.19. The van der Waals surface area contributed by atoms with Crippen molar-refractivity contribution >= 4 is 5.91 Å². The second-order valence-electron chi connectivity index (χ2n) is 7.71. The zero-order chi connectivity index (χ0) is 20.2. The third-order valence-electron chi connectivity index (χ3n) is 4.40. The predicted molar refractivity (Wildman–Crippen MR) is 97.0 cm³/mol. The third kappa shape index (κ3) is 5.63. The van der Waals surface area contributed by atoms with Gasteiger partial charge in [-0.05, 0) is 24.1 Å².